The molecule has 0 aromatic carbocycles. The molecule has 124 valence electrons. The molecule has 0 spiro atoms. The Kier molecular flexibility index (Phi) is 6.02. The standard InChI is InChI=1S/C14H30N4O2S/c1-4-16-8-10-17(11-9-16)14(3)12-15-21(19,20)18-7-5-6-13(18)2/h13-15H,4-12H2,1-3H3. The summed E-state index contributed by atoms with van der Waals surface area (Å²) in [5.41, 5.74) is 0. The first-order chi connectivity index (χ1) is 9.94. The third-order valence-electron chi connectivity index (χ3n) is 4.84. The lowest BCUT2D eigenvalue weighted by atomic mass is 10.2. The molecule has 0 bridgehead atoms. The van der Waals surface area contributed by atoms with E-state index in [-0.39, 0.29) is 12.1 Å². The van der Waals surface area contributed by atoms with Crippen molar-refractivity contribution < 1.29 is 8.42 Å². The largest absolute Gasteiger partial charge is 0.301 e. The lowest BCUT2D eigenvalue weighted by molar-refractivity contribution is 0.107. The minimum atomic E-state index is -3.31. The molecule has 2 atom stereocenters. The topological polar surface area (TPSA) is 55.9 Å². The van der Waals surface area contributed by atoms with Gasteiger partial charge in [-0.05, 0) is 33.2 Å². The molecule has 2 saturated heterocycles. The molecule has 2 fully saturated rings. The quantitative estimate of drug-likeness (QED) is 0.767. The highest BCUT2D eigenvalue weighted by Crippen LogP contribution is 2.19. The molecule has 0 radical (unpaired) electrons. The third kappa shape index (κ3) is 4.39. The molecule has 2 unspecified atom stereocenters. The highest BCUT2D eigenvalue weighted by atomic mass is 32.2. The zero-order chi connectivity index (χ0) is 15.5. The first kappa shape index (κ1) is 17.1. The predicted octanol–water partition coefficient (Wildman–Crippen LogP) is 0.331. The number of hydrogen-bond acceptors (Lipinski definition) is 4. The summed E-state index contributed by atoms with van der Waals surface area (Å²) in [5, 5.41) is 0. The molecule has 6 nitrogen and oxygen atoms in total. The molecule has 2 rings (SSSR count). The minimum absolute atomic E-state index is 0.130. The van der Waals surface area contributed by atoms with Gasteiger partial charge in [-0.15, -0.1) is 0 Å². The Morgan fingerprint density at radius 1 is 1.19 bits per heavy atom. The fourth-order valence-electron chi connectivity index (χ4n) is 3.22. The minimum Gasteiger partial charge on any atom is -0.301 e. The van der Waals surface area contributed by atoms with Crippen LogP contribution in [0.3, 0.4) is 0 Å². The van der Waals surface area contributed by atoms with Crippen LogP contribution in [0.2, 0.25) is 0 Å². The van der Waals surface area contributed by atoms with Crippen LogP contribution in [0, 0.1) is 0 Å². The summed E-state index contributed by atoms with van der Waals surface area (Å²) < 4.78 is 29.0. The van der Waals surface area contributed by atoms with Crippen molar-refractivity contribution in [2.75, 3.05) is 45.8 Å². The van der Waals surface area contributed by atoms with Crippen molar-refractivity contribution >= 4 is 10.2 Å². The maximum absolute atomic E-state index is 12.3. The predicted molar refractivity (Wildman–Crippen MR) is 85.5 cm³/mol. The average Bonchev–Trinajstić information content (AvgIpc) is 2.92. The van der Waals surface area contributed by atoms with Gasteiger partial charge in [0.15, 0.2) is 0 Å². The molecule has 0 aliphatic carbocycles. The molecular weight excluding hydrogens is 288 g/mol. The van der Waals surface area contributed by atoms with Crippen molar-refractivity contribution in [2.24, 2.45) is 0 Å². The highest BCUT2D eigenvalue weighted by Gasteiger charge is 2.31. The second-order valence-electron chi connectivity index (χ2n) is 6.27. The first-order valence-electron chi connectivity index (χ1n) is 8.17. The Morgan fingerprint density at radius 3 is 2.38 bits per heavy atom. The van der Waals surface area contributed by atoms with Crippen LogP contribution >= 0.6 is 0 Å². The summed E-state index contributed by atoms with van der Waals surface area (Å²) in [6.07, 6.45) is 1.94. The van der Waals surface area contributed by atoms with Crippen LogP contribution in [0.25, 0.3) is 0 Å². The van der Waals surface area contributed by atoms with Gasteiger partial charge in [0.25, 0.3) is 10.2 Å². The van der Waals surface area contributed by atoms with Gasteiger partial charge in [-0.1, -0.05) is 6.92 Å². The summed E-state index contributed by atoms with van der Waals surface area (Å²) in [7, 11) is -3.31. The number of piperazine rings is 1. The van der Waals surface area contributed by atoms with E-state index < -0.39 is 10.2 Å². The van der Waals surface area contributed by atoms with E-state index >= 15 is 0 Å². The SMILES string of the molecule is CCN1CCN(C(C)CNS(=O)(=O)N2CCCC2C)CC1. The molecule has 0 aromatic rings. The Morgan fingerprint density at radius 2 is 1.86 bits per heavy atom. The van der Waals surface area contributed by atoms with Crippen molar-refractivity contribution in [3.63, 3.8) is 0 Å². The monoisotopic (exact) mass is 318 g/mol. The van der Waals surface area contributed by atoms with Crippen LogP contribution in [-0.2, 0) is 10.2 Å². The maximum Gasteiger partial charge on any atom is 0.279 e. The van der Waals surface area contributed by atoms with Gasteiger partial charge in [-0.25, -0.2) is 4.72 Å². The fraction of sp³-hybridized carbons (Fsp3) is 1.00. The molecule has 0 saturated carbocycles. The smallest absolute Gasteiger partial charge is 0.279 e. The van der Waals surface area contributed by atoms with E-state index in [1.54, 1.807) is 4.31 Å². The lowest BCUT2D eigenvalue weighted by Gasteiger charge is -2.37. The summed E-state index contributed by atoms with van der Waals surface area (Å²) in [5.74, 6) is 0. The summed E-state index contributed by atoms with van der Waals surface area (Å²) in [4.78, 5) is 4.81. The van der Waals surface area contributed by atoms with Crippen LogP contribution < -0.4 is 4.72 Å². The fourth-order valence-corrected chi connectivity index (χ4v) is 4.79. The van der Waals surface area contributed by atoms with Gasteiger partial charge in [-0.3, -0.25) is 4.90 Å². The average molecular weight is 318 g/mol. The molecule has 2 heterocycles. The summed E-state index contributed by atoms with van der Waals surface area (Å²) in [6, 6.07) is 0.377. The molecule has 0 amide bonds. The van der Waals surface area contributed by atoms with Crippen molar-refractivity contribution in [3.05, 3.63) is 0 Å². The van der Waals surface area contributed by atoms with Crippen LogP contribution in [0.5, 0.6) is 0 Å². The van der Waals surface area contributed by atoms with Crippen molar-refractivity contribution in [1.82, 2.24) is 18.8 Å². The molecule has 7 heteroatoms. The zero-order valence-corrected chi connectivity index (χ0v) is 14.4. The van der Waals surface area contributed by atoms with Crippen LogP contribution in [-0.4, -0.2) is 80.4 Å². The lowest BCUT2D eigenvalue weighted by Crippen LogP contribution is -2.53. The number of nitrogens with one attached hydrogen (secondary N) is 1. The molecule has 1 N–H and O–H groups in total. The molecule has 0 aromatic heterocycles. The second-order valence-corrected chi connectivity index (χ2v) is 7.98. The van der Waals surface area contributed by atoms with E-state index in [4.69, 9.17) is 0 Å². The summed E-state index contributed by atoms with van der Waals surface area (Å²) >= 11 is 0. The Labute approximate surface area is 129 Å². The van der Waals surface area contributed by atoms with E-state index in [2.05, 4.69) is 28.4 Å². The van der Waals surface area contributed by atoms with Gasteiger partial charge >= 0.3 is 0 Å². The first-order valence-corrected chi connectivity index (χ1v) is 9.61. The van der Waals surface area contributed by atoms with E-state index in [9.17, 15) is 8.42 Å². The van der Waals surface area contributed by atoms with Crippen molar-refractivity contribution in [3.8, 4) is 0 Å². The number of rotatable bonds is 6. The van der Waals surface area contributed by atoms with Gasteiger partial charge in [0, 0.05) is 51.4 Å². The highest BCUT2D eigenvalue weighted by molar-refractivity contribution is 7.87. The number of hydrogen-bond donors (Lipinski definition) is 1. The Balaban J connectivity index is 1.79. The van der Waals surface area contributed by atoms with Gasteiger partial charge in [0.1, 0.15) is 0 Å². The summed E-state index contributed by atoms with van der Waals surface area (Å²) in [6.45, 7) is 12.7. The van der Waals surface area contributed by atoms with Crippen molar-refractivity contribution in [1.29, 1.82) is 0 Å². The number of nitrogens with zero attached hydrogens (tertiary/aromatic N) is 3. The van der Waals surface area contributed by atoms with E-state index in [0.717, 1.165) is 45.6 Å². The van der Waals surface area contributed by atoms with Gasteiger partial charge in [0.05, 0.1) is 0 Å². The molecular formula is C14H30N4O2S. The van der Waals surface area contributed by atoms with Gasteiger partial charge in [-0.2, -0.15) is 12.7 Å². The van der Waals surface area contributed by atoms with Gasteiger partial charge < -0.3 is 4.90 Å². The Hall–Kier alpha value is -0.210. The molecule has 2 aliphatic rings. The normalized spacial score (nSPS) is 28.0. The van der Waals surface area contributed by atoms with Crippen LogP contribution in [0.1, 0.15) is 33.6 Å². The molecule has 21 heavy (non-hydrogen) atoms. The second kappa shape index (κ2) is 7.37. The van der Waals surface area contributed by atoms with E-state index in [0.29, 0.717) is 13.1 Å². The van der Waals surface area contributed by atoms with Crippen molar-refractivity contribution in [2.45, 2.75) is 45.7 Å². The van der Waals surface area contributed by atoms with Crippen LogP contribution in [0.4, 0.5) is 0 Å². The molecule has 2 aliphatic heterocycles. The maximum atomic E-state index is 12.3. The Bertz CT molecular complexity index is 421. The number of likely N-dealkylation sites (N-methyl/N-ethyl adjacent to an activating group) is 1. The van der Waals surface area contributed by atoms with Crippen LogP contribution in [0.15, 0.2) is 0 Å². The third-order valence-corrected chi connectivity index (χ3v) is 6.53. The zero-order valence-electron chi connectivity index (χ0n) is 13.6. The van der Waals surface area contributed by atoms with Gasteiger partial charge in [0.2, 0.25) is 0 Å². The van der Waals surface area contributed by atoms with E-state index in [1.165, 1.54) is 0 Å². The van der Waals surface area contributed by atoms with E-state index in [1.807, 2.05) is 6.92 Å².